The second-order valence-electron chi connectivity index (χ2n) is 10.5. The Kier molecular flexibility index (Phi) is 9.16. The number of amides is 2. The summed E-state index contributed by atoms with van der Waals surface area (Å²) in [6.45, 7) is 7.88. The van der Waals surface area contributed by atoms with Gasteiger partial charge in [0.05, 0.1) is 38.9 Å². The molecule has 0 aliphatic heterocycles. The summed E-state index contributed by atoms with van der Waals surface area (Å²) in [7, 11) is 1.84. The number of rotatable bonds is 8. The minimum atomic E-state index is -0.726. The Bertz CT molecular complexity index is 1650. The van der Waals surface area contributed by atoms with Crippen molar-refractivity contribution < 1.29 is 18.7 Å². The minimum Gasteiger partial charge on any atom is -0.493 e. The standard InChI is InChI=1S/C30H30Cl3FN4O3/c1-6-41-24-14-23-22(12-18(24)28(39)37-21-9-7-8-20(32)27(21)34)36-25(38(23)5)13-17-19(31)11-10-16(26(17)33)15-35-29(40)30(2,3)4/h7-12,14H,6,13,15H2,1-5H3,(H,35,40)(H,37,39). The average Bonchev–Trinajstić information content (AvgIpc) is 3.21. The van der Waals surface area contributed by atoms with Crippen LogP contribution in [0.4, 0.5) is 10.1 Å². The van der Waals surface area contributed by atoms with Crippen LogP contribution in [0.1, 0.15) is 55.0 Å². The predicted octanol–water partition coefficient (Wildman–Crippen LogP) is 7.58. The second kappa shape index (κ2) is 12.3. The highest BCUT2D eigenvalue weighted by atomic mass is 35.5. The first-order valence-corrected chi connectivity index (χ1v) is 14.1. The lowest BCUT2D eigenvalue weighted by atomic mass is 9.95. The zero-order valence-corrected chi connectivity index (χ0v) is 25.6. The maximum Gasteiger partial charge on any atom is 0.259 e. The molecule has 0 fully saturated rings. The van der Waals surface area contributed by atoms with Crippen LogP contribution in [0.2, 0.25) is 15.1 Å². The van der Waals surface area contributed by atoms with Crippen molar-refractivity contribution in [3.63, 3.8) is 0 Å². The Morgan fingerprint density at radius 1 is 1.07 bits per heavy atom. The first-order valence-electron chi connectivity index (χ1n) is 12.9. The van der Waals surface area contributed by atoms with Gasteiger partial charge < -0.3 is 19.9 Å². The van der Waals surface area contributed by atoms with Gasteiger partial charge in [-0.3, -0.25) is 9.59 Å². The van der Waals surface area contributed by atoms with Crippen LogP contribution in [-0.2, 0) is 24.8 Å². The van der Waals surface area contributed by atoms with Crippen LogP contribution < -0.4 is 15.4 Å². The number of benzene rings is 3. The number of ether oxygens (including phenoxy) is 1. The van der Waals surface area contributed by atoms with Gasteiger partial charge in [0.2, 0.25) is 5.91 Å². The normalized spacial score (nSPS) is 11.5. The summed E-state index contributed by atoms with van der Waals surface area (Å²) < 4.78 is 22.1. The monoisotopic (exact) mass is 618 g/mol. The van der Waals surface area contributed by atoms with Gasteiger partial charge in [-0.05, 0) is 42.3 Å². The summed E-state index contributed by atoms with van der Waals surface area (Å²) in [6.07, 6.45) is 0.295. The topological polar surface area (TPSA) is 85.2 Å². The highest BCUT2D eigenvalue weighted by Gasteiger charge is 2.23. The van der Waals surface area contributed by atoms with Crippen molar-refractivity contribution in [3.8, 4) is 5.75 Å². The van der Waals surface area contributed by atoms with Crippen molar-refractivity contribution in [2.75, 3.05) is 11.9 Å². The summed E-state index contributed by atoms with van der Waals surface area (Å²) in [5, 5.41) is 6.28. The molecule has 0 aliphatic carbocycles. The molecular formula is C30H30Cl3FN4O3. The second-order valence-corrected chi connectivity index (χ2v) is 11.7. The van der Waals surface area contributed by atoms with E-state index in [2.05, 4.69) is 10.6 Å². The number of hydrogen-bond acceptors (Lipinski definition) is 4. The molecule has 216 valence electrons. The van der Waals surface area contributed by atoms with Crippen molar-refractivity contribution in [1.82, 2.24) is 14.9 Å². The van der Waals surface area contributed by atoms with E-state index < -0.39 is 17.1 Å². The van der Waals surface area contributed by atoms with Crippen molar-refractivity contribution >= 4 is 63.3 Å². The highest BCUT2D eigenvalue weighted by Crippen LogP contribution is 2.33. The Morgan fingerprint density at radius 2 is 1.80 bits per heavy atom. The van der Waals surface area contributed by atoms with Crippen LogP contribution in [-0.4, -0.2) is 28.0 Å². The first kappa shape index (κ1) is 30.6. The van der Waals surface area contributed by atoms with Gasteiger partial charge in [-0.25, -0.2) is 9.37 Å². The van der Waals surface area contributed by atoms with Crippen LogP contribution >= 0.6 is 34.8 Å². The molecule has 3 aromatic carbocycles. The molecule has 4 rings (SSSR count). The number of aryl methyl sites for hydroxylation is 1. The number of halogens is 4. The molecule has 0 saturated carbocycles. The van der Waals surface area contributed by atoms with Crippen molar-refractivity contribution in [2.45, 2.75) is 40.7 Å². The number of carbonyl (C=O) groups is 2. The van der Waals surface area contributed by atoms with Gasteiger partial charge in [-0.2, -0.15) is 0 Å². The molecule has 0 radical (unpaired) electrons. The van der Waals surface area contributed by atoms with E-state index in [-0.39, 0.29) is 28.7 Å². The van der Waals surface area contributed by atoms with E-state index in [0.717, 1.165) is 11.1 Å². The predicted molar refractivity (Wildman–Crippen MR) is 162 cm³/mol. The summed E-state index contributed by atoms with van der Waals surface area (Å²) in [6, 6.07) is 11.2. The van der Waals surface area contributed by atoms with Gasteiger partial charge in [0, 0.05) is 36.5 Å². The summed E-state index contributed by atoms with van der Waals surface area (Å²) in [5.41, 5.74) is 2.25. The highest BCUT2D eigenvalue weighted by molar-refractivity contribution is 6.36. The van der Waals surface area contributed by atoms with Gasteiger partial charge in [-0.1, -0.05) is 67.7 Å². The van der Waals surface area contributed by atoms with Crippen LogP contribution in [0, 0.1) is 11.2 Å². The molecule has 0 saturated heterocycles. The summed E-state index contributed by atoms with van der Waals surface area (Å²) in [4.78, 5) is 30.3. The summed E-state index contributed by atoms with van der Waals surface area (Å²) in [5.74, 6) is -0.429. The molecule has 1 aromatic heterocycles. The van der Waals surface area contributed by atoms with E-state index in [1.165, 1.54) is 12.1 Å². The zero-order valence-electron chi connectivity index (χ0n) is 23.3. The maximum absolute atomic E-state index is 14.4. The summed E-state index contributed by atoms with van der Waals surface area (Å²) >= 11 is 19.2. The van der Waals surface area contributed by atoms with Gasteiger partial charge in [0.25, 0.3) is 5.91 Å². The van der Waals surface area contributed by atoms with Crippen molar-refractivity contribution in [3.05, 3.63) is 85.9 Å². The van der Waals surface area contributed by atoms with Gasteiger partial charge >= 0.3 is 0 Å². The quantitative estimate of drug-likeness (QED) is 0.213. The van der Waals surface area contributed by atoms with E-state index in [0.29, 0.717) is 45.7 Å². The molecule has 7 nitrogen and oxygen atoms in total. The first-order chi connectivity index (χ1) is 19.3. The van der Waals surface area contributed by atoms with Crippen molar-refractivity contribution in [2.24, 2.45) is 12.5 Å². The number of nitrogens with zero attached hydrogens (tertiary/aromatic N) is 2. The minimum absolute atomic E-state index is 0.0467. The Labute approximate surface area is 252 Å². The van der Waals surface area contributed by atoms with E-state index in [9.17, 15) is 14.0 Å². The number of nitrogens with one attached hydrogen (secondary N) is 2. The molecule has 4 aromatic rings. The van der Waals surface area contributed by atoms with Crippen LogP contribution in [0.15, 0.2) is 42.5 Å². The van der Waals surface area contributed by atoms with E-state index in [1.807, 2.05) is 32.4 Å². The molecule has 0 bridgehead atoms. The fraction of sp³-hybridized carbons (Fsp3) is 0.300. The third-order valence-electron chi connectivity index (χ3n) is 6.54. The van der Waals surface area contributed by atoms with Crippen LogP contribution in [0.3, 0.4) is 0 Å². The number of imidazole rings is 1. The molecule has 0 spiro atoms. The molecule has 11 heteroatoms. The lowest BCUT2D eigenvalue weighted by molar-refractivity contribution is -0.128. The van der Waals surface area contributed by atoms with Gasteiger partial charge in [0.1, 0.15) is 11.6 Å². The number of anilines is 1. The zero-order chi connectivity index (χ0) is 30.1. The van der Waals surface area contributed by atoms with E-state index in [1.54, 1.807) is 37.3 Å². The lowest BCUT2D eigenvalue weighted by Crippen LogP contribution is -2.34. The lowest BCUT2D eigenvalue weighted by Gasteiger charge is -2.18. The van der Waals surface area contributed by atoms with Gasteiger partial charge in [0.15, 0.2) is 5.82 Å². The third-order valence-corrected chi connectivity index (χ3v) is 7.66. The molecule has 1 heterocycles. The van der Waals surface area contributed by atoms with Crippen LogP contribution in [0.5, 0.6) is 5.75 Å². The largest absolute Gasteiger partial charge is 0.493 e. The molecular weight excluding hydrogens is 590 g/mol. The van der Waals surface area contributed by atoms with Crippen molar-refractivity contribution in [1.29, 1.82) is 0 Å². The Balaban J connectivity index is 1.68. The molecule has 2 N–H and O–H groups in total. The molecule has 2 amide bonds. The average molecular weight is 620 g/mol. The SMILES string of the molecule is CCOc1cc2c(cc1C(=O)Nc1cccc(Cl)c1F)nc(Cc1c(Cl)ccc(CNC(=O)C(C)(C)C)c1Cl)n2C. The third kappa shape index (κ3) is 6.61. The van der Waals surface area contributed by atoms with Crippen LogP contribution in [0.25, 0.3) is 11.0 Å². The number of fused-ring (bicyclic) bond motifs is 1. The molecule has 41 heavy (non-hydrogen) atoms. The fourth-order valence-electron chi connectivity index (χ4n) is 4.21. The number of aromatic nitrogens is 2. The molecule has 0 atom stereocenters. The fourth-order valence-corrected chi connectivity index (χ4v) is 4.96. The molecule has 0 unspecified atom stereocenters. The van der Waals surface area contributed by atoms with Gasteiger partial charge in [-0.15, -0.1) is 0 Å². The smallest absolute Gasteiger partial charge is 0.259 e. The number of carbonyl (C=O) groups excluding carboxylic acids is 2. The Hall–Kier alpha value is -3.33. The number of hydrogen-bond donors (Lipinski definition) is 2. The van der Waals surface area contributed by atoms with E-state index >= 15 is 0 Å². The molecule has 0 aliphatic rings. The van der Waals surface area contributed by atoms with E-state index in [4.69, 9.17) is 44.5 Å². The Morgan fingerprint density at radius 3 is 2.49 bits per heavy atom. The maximum atomic E-state index is 14.4.